The zero-order valence-electron chi connectivity index (χ0n) is 16.8. The lowest BCUT2D eigenvalue weighted by Crippen LogP contribution is -2.11. The molecule has 1 atom stereocenters. The largest absolute Gasteiger partial charge is 0.478 e. The minimum absolute atomic E-state index is 0.00945. The van der Waals surface area contributed by atoms with Gasteiger partial charge in [0.2, 0.25) is 0 Å². The van der Waals surface area contributed by atoms with Crippen molar-refractivity contribution in [3.63, 3.8) is 0 Å². The van der Waals surface area contributed by atoms with Gasteiger partial charge in [0.15, 0.2) is 0 Å². The molecule has 0 aliphatic carbocycles. The van der Waals surface area contributed by atoms with E-state index in [2.05, 4.69) is 6.07 Å². The summed E-state index contributed by atoms with van der Waals surface area (Å²) in [6, 6.07) is 11.0. The monoisotopic (exact) mass is 430 g/mol. The van der Waals surface area contributed by atoms with Crippen LogP contribution in [0.2, 0.25) is 0 Å². The van der Waals surface area contributed by atoms with Crippen LogP contribution in [0.4, 0.5) is 0 Å². The van der Waals surface area contributed by atoms with Crippen molar-refractivity contribution in [3.8, 4) is 16.9 Å². The number of rotatable bonds is 8. The Morgan fingerprint density at radius 2 is 1.97 bits per heavy atom. The van der Waals surface area contributed by atoms with Gasteiger partial charge >= 0.3 is 11.9 Å². The smallest absolute Gasteiger partial charge is 0.339 e. The number of aromatic carboxylic acids is 1. The van der Waals surface area contributed by atoms with E-state index < -0.39 is 5.97 Å². The molecule has 0 radical (unpaired) electrons. The molecule has 3 rings (SSSR count). The first kappa shape index (κ1) is 21.8. The Balaban J connectivity index is 1.64. The Kier molecular flexibility index (Phi) is 7.67. The number of benzene rings is 2. The summed E-state index contributed by atoms with van der Waals surface area (Å²) in [6.45, 7) is 4.02. The van der Waals surface area contributed by atoms with E-state index in [4.69, 9.17) is 4.74 Å². The molecule has 29 heavy (non-hydrogen) atoms. The van der Waals surface area contributed by atoms with Crippen LogP contribution < -0.4 is 4.74 Å². The van der Waals surface area contributed by atoms with E-state index in [0.717, 1.165) is 41.5 Å². The molecule has 0 amide bonds. The summed E-state index contributed by atoms with van der Waals surface area (Å²) in [5.41, 5.74) is 4.01. The molecule has 1 fully saturated rings. The third-order valence-corrected chi connectivity index (χ3v) is 8.02. The predicted molar refractivity (Wildman–Crippen MR) is 121 cm³/mol. The molecule has 6 heteroatoms. The number of carboxylic acids is 1. The third kappa shape index (κ3) is 6.03. The first-order valence-corrected chi connectivity index (χ1v) is 12.3. The van der Waals surface area contributed by atoms with Gasteiger partial charge in [-0.25, -0.2) is 4.79 Å². The molecule has 0 bridgehead atoms. The highest BCUT2D eigenvalue weighted by atomic mass is 33.1. The number of carbonyl (C=O) groups excluding carboxylic acids is 1. The molecule has 1 saturated heterocycles. The van der Waals surface area contributed by atoms with E-state index in [1.807, 2.05) is 53.6 Å². The van der Waals surface area contributed by atoms with Gasteiger partial charge in [-0.15, -0.1) is 0 Å². The van der Waals surface area contributed by atoms with Gasteiger partial charge in [-0.1, -0.05) is 57.8 Å². The van der Waals surface area contributed by atoms with Gasteiger partial charge in [0.05, 0.1) is 0 Å². The van der Waals surface area contributed by atoms with Crippen molar-refractivity contribution in [1.82, 2.24) is 0 Å². The Morgan fingerprint density at radius 1 is 1.14 bits per heavy atom. The summed E-state index contributed by atoms with van der Waals surface area (Å²) in [5, 5.41) is 10.3. The molecule has 0 saturated carbocycles. The summed E-state index contributed by atoms with van der Waals surface area (Å²) in [7, 11) is 3.87. The Bertz CT molecular complexity index is 888. The molecule has 2 aromatic carbocycles. The summed E-state index contributed by atoms with van der Waals surface area (Å²) in [5.74, 6) is -0.151. The maximum absolute atomic E-state index is 12.2. The van der Waals surface area contributed by atoms with E-state index in [-0.39, 0.29) is 17.3 Å². The van der Waals surface area contributed by atoms with Crippen molar-refractivity contribution in [2.45, 2.75) is 51.2 Å². The quantitative estimate of drug-likeness (QED) is 0.230. The van der Waals surface area contributed by atoms with Gasteiger partial charge in [-0.3, -0.25) is 4.79 Å². The zero-order valence-corrected chi connectivity index (χ0v) is 18.4. The summed E-state index contributed by atoms with van der Waals surface area (Å²) < 4.78 is 5.39. The molecule has 1 heterocycles. The highest BCUT2D eigenvalue weighted by molar-refractivity contribution is 8.77. The molecule has 1 aliphatic heterocycles. The number of hydrogen-bond acceptors (Lipinski definition) is 5. The maximum Gasteiger partial charge on any atom is 0.339 e. The molecule has 0 spiro atoms. The topological polar surface area (TPSA) is 63.6 Å². The lowest BCUT2D eigenvalue weighted by atomic mass is 9.97. The number of esters is 1. The second-order valence-corrected chi connectivity index (χ2v) is 10.2. The summed E-state index contributed by atoms with van der Waals surface area (Å²) in [6.07, 6.45) is 4.43. The fourth-order valence-electron chi connectivity index (χ4n) is 3.47. The van der Waals surface area contributed by atoms with Gasteiger partial charge in [0.25, 0.3) is 0 Å². The van der Waals surface area contributed by atoms with E-state index in [9.17, 15) is 14.7 Å². The minimum atomic E-state index is -1.10. The number of unbranched alkanes of at least 4 members (excludes halogenated alkanes) is 1. The highest BCUT2D eigenvalue weighted by Gasteiger charge is 2.18. The number of ether oxygens (including phenoxy) is 1. The van der Waals surface area contributed by atoms with Crippen LogP contribution in [0.25, 0.3) is 11.1 Å². The van der Waals surface area contributed by atoms with E-state index in [1.54, 1.807) is 12.1 Å². The van der Waals surface area contributed by atoms with Gasteiger partial charge in [-0.05, 0) is 61.9 Å². The van der Waals surface area contributed by atoms with Crippen LogP contribution >= 0.6 is 21.6 Å². The highest BCUT2D eigenvalue weighted by Crippen LogP contribution is 2.40. The van der Waals surface area contributed by atoms with Crippen LogP contribution in [-0.2, 0) is 4.79 Å². The third-order valence-electron chi connectivity index (χ3n) is 5.01. The first-order valence-electron chi connectivity index (χ1n) is 9.88. The lowest BCUT2D eigenvalue weighted by Gasteiger charge is -2.12. The normalized spacial score (nSPS) is 16.0. The van der Waals surface area contributed by atoms with Gasteiger partial charge < -0.3 is 9.84 Å². The molecule has 2 aromatic rings. The van der Waals surface area contributed by atoms with Crippen molar-refractivity contribution in [1.29, 1.82) is 0 Å². The van der Waals surface area contributed by atoms with E-state index in [0.29, 0.717) is 11.7 Å². The molecule has 154 valence electrons. The average molecular weight is 431 g/mol. The summed E-state index contributed by atoms with van der Waals surface area (Å²) >= 11 is 0. The zero-order chi connectivity index (χ0) is 20.8. The van der Waals surface area contributed by atoms with Gasteiger partial charge in [0.1, 0.15) is 11.3 Å². The predicted octanol–water partition coefficient (Wildman–Crippen LogP) is 6.29. The van der Waals surface area contributed by atoms with Crippen molar-refractivity contribution in [2.75, 3.05) is 5.75 Å². The van der Waals surface area contributed by atoms with Crippen molar-refractivity contribution < 1.29 is 19.4 Å². The molecular weight excluding hydrogens is 404 g/mol. The van der Waals surface area contributed by atoms with Crippen molar-refractivity contribution in [3.05, 3.63) is 53.1 Å². The maximum atomic E-state index is 12.2. The van der Waals surface area contributed by atoms with Crippen molar-refractivity contribution >= 4 is 33.5 Å². The average Bonchev–Trinajstić information content (AvgIpc) is 3.19. The number of carboxylic acid groups (broad SMARTS) is 1. The van der Waals surface area contributed by atoms with E-state index in [1.165, 1.54) is 12.2 Å². The fourth-order valence-corrected chi connectivity index (χ4v) is 6.50. The molecule has 1 aliphatic rings. The van der Waals surface area contributed by atoms with Crippen LogP contribution in [0.3, 0.4) is 0 Å². The van der Waals surface area contributed by atoms with Crippen molar-refractivity contribution in [2.24, 2.45) is 0 Å². The molecular formula is C23H26O4S2. The van der Waals surface area contributed by atoms with E-state index >= 15 is 0 Å². The first-order chi connectivity index (χ1) is 13.9. The summed E-state index contributed by atoms with van der Waals surface area (Å²) in [4.78, 5) is 23.9. The fraction of sp³-hybridized carbons (Fsp3) is 0.391. The van der Waals surface area contributed by atoms with Crippen LogP contribution in [0.15, 0.2) is 36.4 Å². The Labute approximate surface area is 179 Å². The Morgan fingerprint density at radius 3 is 2.66 bits per heavy atom. The van der Waals surface area contributed by atoms with Crippen LogP contribution in [-0.4, -0.2) is 28.0 Å². The number of aryl methyl sites for hydroxylation is 2. The Hall–Kier alpha value is -1.92. The second kappa shape index (κ2) is 10.2. The number of hydrogen-bond donors (Lipinski definition) is 1. The van der Waals surface area contributed by atoms with Gasteiger partial charge in [0, 0.05) is 17.4 Å². The molecule has 1 unspecified atom stereocenters. The minimum Gasteiger partial charge on any atom is -0.478 e. The second-order valence-electron chi connectivity index (χ2n) is 7.38. The SMILES string of the molecule is Cc1ccc(-c2ccc(OC(=O)CCCCC3CCSS3)c(C(=O)O)c2)c(C)c1. The van der Waals surface area contributed by atoms with Crippen LogP contribution in [0.1, 0.15) is 53.6 Å². The number of carbonyl (C=O) groups is 2. The lowest BCUT2D eigenvalue weighted by molar-refractivity contribution is -0.134. The molecule has 0 aromatic heterocycles. The standard InChI is InChI=1S/C23H26O4S2/c1-15-7-9-19(16(2)13-15)17-8-10-21(20(14-17)23(25)26)27-22(24)6-4-3-5-18-11-12-28-29-18/h7-10,13-14,18H,3-6,11-12H2,1-2H3,(H,25,26). The van der Waals surface area contributed by atoms with Gasteiger partial charge in [-0.2, -0.15) is 0 Å². The van der Waals surface area contributed by atoms with Crippen LogP contribution in [0.5, 0.6) is 5.75 Å². The molecule has 4 nitrogen and oxygen atoms in total. The van der Waals surface area contributed by atoms with Crippen LogP contribution in [0, 0.1) is 13.8 Å². The molecule has 1 N–H and O–H groups in total.